The Balaban J connectivity index is 2.01. The monoisotopic (exact) mass is 266 g/mol. The predicted octanol–water partition coefficient (Wildman–Crippen LogP) is 3.38. The summed E-state index contributed by atoms with van der Waals surface area (Å²) in [5, 5.41) is 3.98. The fraction of sp³-hybridized carbons (Fsp3) is 0.176. The summed E-state index contributed by atoms with van der Waals surface area (Å²) in [5.74, 6) is -0.198. The lowest BCUT2D eigenvalue weighted by Crippen LogP contribution is -2.17. The second kappa shape index (κ2) is 6.15. The van der Waals surface area contributed by atoms with E-state index in [9.17, 15) is 4.79 Å². The molecule has 0 bridgehead atoms. The number of hydrogen-bond acceptors (Lipinski definition) is 2. The van der Waals surface area contributed by atoms with Gasteiger partial charge in [0, 0.05) is 5.56 Å². The summed E-state index contributed by atoms with van der Waals surface area (Å²) in [4.78, 5) is 11.9. The number of carbonyl (C=O) groups excluding carboxylic acids is 1. The van der Waals surface area contributed by atoms with Crippen molar-refractivity contribution in [3.8, 4) is 0 Å². The predicted molar refractivity (Wildman–Crippen MR) is 82.2 cm³/mol. The van der Waals surface area contributed by atoms with Crippen molar-refractivity contribution in [2.75, 3.05) is 0 Å². The van der Waals surface area contributed by atoms with Crippen molar-refractivity contribution < 1.29 is 4.79 Å². The molecule has 0 saturated heterocycles. The van der Waals surface area contributed by atoms with Gasteiger partial charge < -0.3 is 0 Å². The first-order chi connectivity index (χ1) is 9.56. The molecule has 0 aliphatic heterocycles. The summed E-state index contributed by atoms with van der Waals surface area (Å²) in [7, 11) is 0. The number of rotatable bonds is 3. The van der Waals surface area contributed by atoms with Crippen LogP contribution in [0.3, 0.4) is 0 Å². The third-order valence-electron chi connectivity index (χ3n) is 3.23. The molecule has 0 aromatic heterocycles. The molecule has 0 aliphatic rings. The Morgan fingerprint density at radius 1 is 1.00 bits per heavy atom. The normalized spacial score (nSPS) is 10.8. The number of benzene rings is 2. The zero-order chi connectivity index (χ0) is 14.5. The third-order valence-corrected chi connectivity index (χ3v) is 3.23. The van der Waals surface area contributed by atoms with Crippen LogP contribution in [0, 0.1) is 20.8 Å². The van der Waals surface area contributed by atoms with Gasteiger partial charge in [-0.25, -0.2) is 5.43 Å². The minimum Gasteiger partial charge on any atom is -0.267 e. The van der Waals surface area contributed by atoms with Gasteiger partial charge >= 0.3 is 0 Å². The molecule has 20 heavy (non-hydrogen) atoms. The van der Waals surface area contributed by atoms with Gasteiger partial charge in [-0.2, -0.15) is 5.10 Å². The van der Waals surface area contributed by atoms with Crippen LogP contribution in [0.2, 0.25) is 0 Å². The van der Waals surface area contributed by atoms with E-state index in [1.807, 2.05) is 57.2 Å². The SMILES string of the molecule is Cc1ccc(C=NNC(=O)c2ccc(C)c(C)c2)cc1. The van der Waals surface area contributed by atoms with Crippen LogP contribution < -0.4 is 5.43 Å². The van der Waals surface area contributed by atoms with Crippen molar-refractivity contribution in [1.29, 1.82) is 0 Å². The van der Waals surface area contributed by atoms with Gasteiger partial charge in [-0.3, -0.25) is 4.79 Å². The lowest BCUT2D eigenvalue weighted by molar-refractivity contribution is 0.0955. The minimum atomic E-state index is -0.198. The molecule has 2 rings (SSSR count). The lowest BCUT2D eigenvalue weighted by Gasteiger charge is -2.03. The Labute approximate surface area is 119 Å². The smallest absolute Gasteiger partial charge is 0.267 e. The van der Waals surface area contributed by atoms with Gasteiger partial charge in [0.1, 0.15) is 0 Å². The molecule has 2 aromatic carbocycles. The van der Waals surface area contributed by atoms with Crippen molar-refractivity contribution in [2.24, 2.45) is 5.10 Å². The summed E-state index contributed by atoms with van der Waals surface area (Å²) in [5.41, 5.74) is 7.58. The van der Waals surface area contributed by atoms with E-state index < -0.39 is 0 Å². The first-order valence-corrected chi connectivity index (χ1v) is 6.53. The van der Waals surface area contributed by atoms with Gasteiger partial charge in [0.2, 0.25) is 0 Å². The standard InChI is InChI=1S/C17H18N2O/c1-12-4-7-15(8-5-12)11-18-19-17(20)16-9-6-13(2)14(3)10-16/h4-11H,1-3H3,(H,19,20). The molecule has 3 heteroatoms. The molecule has 1 amide bonds. The highest BCUT2D eigenvalue weighted by Gasteiger charge is 2.04. The van der Waals surface area contributed by atoms with E-state index in [2.05, 4.69) is 10.5 Å². The summed E-state index contributed by atoms with van der Waals surface area (Å²) < 4.78 is 0. The number of aryl methyl sites for hydroxylation is 3. The van der Waals surface area contributed by atoms with E-state index in [0.29, 0.717) is 5.56 Å². The fourth-order valence-corrected chi connectivity index (χ4v) is 1.77. The van der Waals surface area contributed by atoms with Gasteiger partial charge in [-0.05, 0) is 49.6 Å². The van der Waals surface area contributed by atoms with Crippen molar-refractivity contribution in [3.63, 3.8) is 0 Å². The number of amides is 1. The first-order valence-electron chi connectivity index (χ1n) is 6.53. The Kier molecular flexibility index (Phi) is 4.31. The molecule has 0 saturated carbocycles. The molecule has 102 valence electrons. The number of nitrogens with one attached hydrogen (secondary N) is 1. The van der Waals surface area contributed by atoms with Gasteiger partial charge in [-0.1, -0.05) is 35.9 Å². The highest BCUT2D eigenvalue weighted by Crippen LogP contribution is 2.09. The average Bonchev–Trinajstić information content (AvgIpc) is 2.44. The molecule has 0 atom stereocenters. The quantitative estimate of drug-likeness (QED) is 0.671. The molecule has 0 aliphatic carbocycles. The van der Waals surface area contributed by atoms with Crippen LogP contribution in [0.1, 0.15) is 32.6 Å². The van der Waals surface area contributed by atoms with Crippen LogP contribution in [-0.2, 0) is 0 Å². The van der Waals surface area contributed by atoms with E-state index in [4.69, 9.17) is 0 Å². The fourth-order valence-electron chi connectivity index (χ4n) is 1.77. The molecular weight excluding hydrogens is 248 g/mol. The Hall–Kier alpha value is -2.42. The zero-order valence-corrected chi connectivity index (χ0v) is 12.0. The van der Waals surface area contributed by atoms with Gasteiger partial charge in [0.15, 0.2) is 0 Å². The maximum absolute atomic E-state index is 11.9. The summed E-state index contributed by atoms with van der Waals surface area (Å²) in [6.07, 6.45) is 1.64. The Bertz CT molecular complexity index is 643. The topological polar surface area (TPSA) is 41.5 Å². The molecule has 0 heterocycles. The second-order valence-corrected chi connectivity index (χ2v) is 4.91. The van der Waals surface area contributed by atoms with Crippen molar-refractivity contribution in [1.82, 2.24) is 5.43 Å². The highest BCUT2D eigenvalue weighted by atomic mass is 16.2. The second-order valence-electron chi connectivity index (χ2n) is 4.91. The maximum atomic E-state index is 11.9. The van der Waals surface area contributed by atoms with Gasteiger partial charge in [0.05, 0.1) is 6.21 Å². The van der Waals surface area contributed by atoms with Crippen molar-refractivity contribution >= 4 is 12.1 Å². The lowest BCUT2D eigenvalue weighted by atomic mass is 10.1. The number of hydrogen-bond donors (Lipinski definition) is 1. The van der Waals surface area contributed by atoms with Crippen LogP contribution in [-0.4, -0.2) is 12.1 Å². The maximum Gasteiger partial charge on any atom is 0.271 e. The van der Waals surface area contributed by atoms with Crippen LogP contribution in [0.4, 0.5) is 0 Å². The Morgan fingerprint density at radius 3 is 2.35 bits per heavy atom. The molecule has 0 radical (unpaired) electrons. The van der Waals surface area contributed by atoms with E-state index in [1.54, 1.807) is 12.3 Å². The molecule has 2 aromatic rings. The molecule has 1 N–H and O–H groups in total. The molecule has 0 unspecified atom stereocenters. The number of carbonyl (C=O) groups is 1. The van der Waals surface area contributed by atoms with E-state index in [0.717, 1.165) is 11.1 Å². The summed E-state index contributed by atoms with van der Waals surface area (Å²) in [6.45, 7) is 6.04. The third kappa shape index (κ3) is 3.54. The number of nitrogens with zero attached hydrogens (tertiary/aromatic N) is 1. The summed E-state index contributed by atoms with van der Waals surface area (Å²) >= 11 is 0. The summed E-state index contributed by atoms with van der Waals surface area (Å²) in [6, 6.07) is 13.5. The largest absolute Gasteiger partial charge is 0.271 e. The van der Waals surface area contributed by atoms with Crippen molar-refractivity contribution in [2.45, 2.75) is 20.8 Å². The Morgan fingerprint density at radius 2 is 1.70 bits per heavy atom. The van der Waals surface area contributed by atoms with E-state index >= 15 is 0 Å². The van der Waals surface area contributed by atoms with Crippen LogP contribution in [0.15, 0.2) is 47.6 Å². The average molecular weight is 266 g/mol. The molecule has 3 nitrogen and oxygen atoms in total. The van der Waals surface area contributed by atoms with E-state index in [-0.39, 0.29) is 5.91 Å². The van der Waals surface area contributed by atoms with Gasteiger partial charge in [-0.15, -0.1) is 0 Å². The van der Waals surface area contributed by atoms with Gasteiger partial charge in [0.25, 0.3) is 5.91 Å². The van der Waals surface area contributed by atoms with Crippen LogP contribution in [0.5, 0.6) is 0 Å². The zero-order valence-electron chi connectivity index (χ0n) is 12.0. The molecule has 0 fully saturated rings. The molecular formula is C17H18N2O. The number of hydrazone groups is 1. The highest BCUT2D eigenvalue weighted by molar-refractivity contribution is 5.95. The first kappa shape index (κ1) is 14.0. The van der Waals surface area contributed by atoms with Crippen molar-refractivity contribution in [3.05, 3.63) is 70.3 Å². The minimum absolute atomic E-state index is 0.198. The van der Waals surface area contributed by atoms with Crippen LogP contribution in [0.25, 0.3) is 0 Å². The van der Waals surface area contributed by atoms with Crippen LogP contribution >= 0.6 is 0 Å². The molecule has 0 spiro atoms. The van der Waals surface area contributed by atoms with E-state index in [1.165, 1.54) is 11.1 Å².